The molecule has 0 atom stereocenters. The van der Waals surface area contributed by atoms with Gasteiger partial charge in [0.05, 0.1) is 11.5 Å². The van der Waals surface area contributed by atoms with E-state index in [0.29, 0.717) is 24.6 Å². The molecule has 2 N–H and O–H groups in total. The molecule has 6 nitrogen and oxygen atoms in total. The number of guanidine groups is 1. The molecule has 0 bridgehead atoms. The first-order valence-corrected chi connectivity index (χ1v) is 7.59. The Hall–Kier alpha value is -2.23. The Bertz CT molecular complexity index is 723. The van der Waals surface area contributed by atoms with Crippen molar-refractivity contribution >= 4 is 35.6 Å². The van der Waals surface area contributed by atoms with Crippen LogP contribution >= 0.6 is 24.0 Å². The minimum atomic E-state index is -0.403. The highest BCUT2D eigenvalue weighted by Crippen LogP contribution is 2.17. The molecule has 2 aromatic carbocycles. The zero-order valence-electron chi connectivity index (χ0n) is 13.7. The number of nitro benzene ring substituents is 1. The Labute approximate surface area is 162 Å². The second-order valence-corrected chi connectivity index (χ2v) is 5.06. The van der Waals surface area contributed by atoms with Crippen LogP contribution in [-0.4, -0.2) is 17.4 Å². The summed E-state index contributed by atoms with van der Waals surface area (Å²) in [5.41, 5.74) is 1.52. The lowest BCUT2D eigenvalue weighted by atomic mass is 10.2. The van der Waals surface area contributed by atoms with Crippen molar-refractivity contribution in [1.82, 2.24) is 10.6 Å². The molecule has 0 amide bonds. The quantitative estimate of drug-likeness (QED) is 0.228. The van der Waals surface area contributed by atoms with E-state index in [1.807, 2.05) is 6.92 Å². The summed E-state index contributed by atoms with van der Waals surface area (Å²) in [6.07, 6.45) is 0. The highest BCUT2D eigenvalue weighted by Gasteiger charge is 2.12. The van der Waals surface area contributed by atoms with E-state index in [2.05, 4.69) is 15.6 Å². The van der Waals surface area contributed by atoms with Crippen LogP contribution in [0, 0.1) is 15.9 Å². The highest BCUT2D eigenvalue weighted by molar-refractivity contribution is 14.0. The molecule has 0 heterocycles. The number of nitrogens with one attached hydrogen (secondary N) is 2. The molecule has 25 heavy (non-hydrogen) atoms. The van der Waals surface area contributed by atoms with Gasteiger partial charge in [-0.3, -0.25) is 10.1 Å². The monoisotopic (exact) mass is 458 g/mol. The van der Waals surface area contributed by atoms with Crippen molar-refractivity contribution in [3.63, 3.8) is 0 Å². The van der Waals surface area contributed by atoms with Gasteiger partial charge in [0.25, 0.3) is 5.69 Å². The number of benzene rings is 2. The Morgan fingerprint density at radius 2 is 1.84 bits per heavy atom. The molecule has 0 radical (unpaired) electrons. The summed E-state index contributed by atoms with van der Waals surface area (Å²) in [7, 11) is 0. The summed E-state index contributed by atoms with van der Waals surface area (Å²) in [5, 5.41) is 17.2. The molecule has 0 aromatic heterocycles. The van der Waals surface area contributed by atoms with E-state index >= 15 is 0 Å². The minimum Gasteiger partial charge on any atom is -0.357 e. The standard InChI is InChI=1S/C17H19FN4O2.HI/c1-2-19-17(20-11-13-7-9-15(18)10-8-13)21-12-14-5-3-4-6-16(14)22(23)24;/h3-10H,2,11-12H2,1H3,(H2,19,20,21);1H. The van der Waals surface area contributed by atoms with E-state index in [-0.39, 0.29) is 42.0 Å². The average molecular weight is 458 g/mol. The second-order valence-electron chi connectivity index (χ2n) is 5.06. The largest absolute Gasteiger partial charge is 0.357 e. The van der Waals surface area contributed by atoms with Crippen LogP contribution in [0.1, 0.15) is 18.1 Å². The Morgan fingerprint density at radius 1 is 1.16 bits per heavy atom. The van der Waals surface area contributed by atoms with Crippen LogP contribution in [0.3, 0.4) is 0 Å². The lowest BCUT2D eigenvalue weighted by Gasteiger charge is -2.11. The Kier molecular flexibility index (Phi) is 8.82. The van der Waals surface area contributed by atoms with Crippen LogP contribution in [-0.2, 0) is 13.1 Å². The molecule has 0 aliphatic heterocycles. The minimum absolute atomic E-state index is 0. The van der Waals surface area contributed by atoms with Gasteiger partial charge in [-0.15, -0.1) is 24.0 Å². The topological polar surface area (TPSA) is 79.6 Å². The lowest BCUT2D eigenvalue weighted by Crippen LogP contribution is -2.36. The average Bonchev–Trinajstić information content (AvgIpc) is 2.59. The Balaban J connectivity index is 0.00000312. The number of nitro groups is 1. The van der Waals surface area contributed by atoms with Crippen LogP contribution in [0.5, 0.6) is 0 Å². The van der Waals surface area contributed by atoms with Gasteiger partial charge in [0.2, 0.25) is 0 Å². The molecule has 8 heteroatoms. The number of nitrogens with zero attached hydrogens (tertiary/aromatic N) is 2. The van der Waals surface area contributed by atoms with E-state index in [9.17, 15) is 14.5 Å². The third kappa shape index (κ3) is 6.65. The van der Waals surface area contributed by atoms with Crippen molar-refractivity contribution in [3.05, 3.63) is 75.6 Å². The van der Waals surface area contributed by atoms with E-state index in [1.165, 1.54) is 18.2 Å². The summed E-state index contributed by atoms with van der Waals surface area (Å²) in [6, 6.07) is 12.7. The number of aliphatic imine (C=N–C) groups is 1. The van der Waals surface area contributed by atoms with Gasteiger partial charge in [-0.25, -0.2) is 9.38 Å². The van der Waals surface area contributed by atoms with Gasteiger partial charge in [-0.05, 0) is 24.6 Å². The van der Waals surface area contributed by atoms with Crippen LogP contribution in [0.2, 0.25) is 0 Å². The maximum atomic E-state index is 12.9. The predicted molar refractivity (Wildman–Crippen MR) is 107 cm³/mol. The molecule has 2 rings (SSSR count). The molecule has 0 saturated heterocycles. The fraction of sp³-hybridized carbons (Fsp3) is 0.235. The predicted octanol–water partition coefficient (Wildman–Crippen LogP) is 3.61. The highest BCUT2D eigenvalue weighted by atomic mass is 127. The summed E-state index contributed by atoms with van der Waals surface area (Å²) >= 11 is 0. The van der Waals surface area contributed by atoms with Gasteiger partial charge >= 0.3 is 0 Å². The number of rotatable bonds is 6. The van der Waals surface area contributed by atoms with Crippen LogP contribution < -0.4 is 10.6 Å². The van der Waals surface area contributed by atoms with E-state index in [1.54, 1.807) is 30.3 Å². The molecule has 2 aromatic rings. The van der Waals surface area contributed by atoms with Gasteiger partial charge in [0.15, 0.2) is 5.96 Å². The van der Waals surface area contributed by atoms with Gasteiger partial charge in [-0.1, -0.05) is 30.3 Å². The fourth-order valence-electron chi connectivity index (χ4n) is 2.12. The zero-order valence-corrected chi connectivity index (χ0v) is 16.1. The fourth-order valence-corrected chi connectivity index (χ4v) is 2.12. The molecule has 0 spiro atoms. The van der Waals surface area contributed by atoms with Crippen LogP contribution in [0.25, 0.3) is 0 Å². The number of para-hydroxylation sites is 1. The van der Waals surface area contributed by atoms with E-state index in [4.69, 9.17) is 0 Å². The smallest absolute Gasteiger partial charge is 0.274 e. The molecular formula is C17H20FIN4O2. The van der Waals surface area contributed by atoms with Crippen molar-refractivity contribution < 1.29 is 9.31 Å². The maximum Gasteiger partial charge on any atom is 0.274 e. The third-order valence-corrected chi connectivity index (χ3v) is 3.31. The number of hydrogen-bond acceptors (Lipinski definition) is 3. The van der Waals surface area contributed by atoms with Gasteiger partial charge < -0.3 is 10.6 Å². The maximum absolute atomic E-state index is 12.9. The second kappa shape index (κ2) is 10.6. The van der Waals surface area contributed by atoms with E-state index in [0.717, 1.165) is 5.56 Å². The summed E-state index contributed by atoms with van der Waals surface area (Å²) < 4.78 is 12.9. The third-order valence-electron chi connectivity index (χ3n) is 3.31. The van der Waals surface area contributed by atoms with Crippen molar-refractivity contribution in [2.75, 3.05) is 6.54 Å². The van der Waals surface area contributed by atoms with Crippen molar-refractivity contribution in [3.8, 4) is 0 Å². The first-order valence-electron chi connectivity index (χ1n) is 7.59. The van der Waals surface area contributed by atoms with E-state index < -0.39 is 4.92 Å². The Morgan fingerprint density at radius 3 is 2.48 bits per heavy atom. The van der Waals surface area contributed by atoms with Crippen molar-refractivity contribution in [1.29, 1.82) is 0 Å². The SMILES string of the molecule is CCNC(=NCc1ccc(F)cc1)NCc1ccccc1[N+](=O)[O-].I. The van der Waals surface area contributed by atoms with Crippen LogP contribution in [0.15, 0.2) is 53.5 Å². The zero-order chi connectivity index (χ0) is 17.4. The lowest BCUT2D eigenvalue weighted by molar-refractivity contribution is -0.385. The van der Waals surface area contributed by atoms with Crippen molar-refractivity contribution in [2.24, 2.45) is 4.99 Å². The molecule has 0 saturated carbocycles. The number of hydrogen-bond donors (Lipinski definition) is 2. The van der Waals surface area contributed by atoms with Gasteiger partial charge in [-0.2, -0.15) is 0 Å². The molecule has 0 fully saturated rings. The van der Waals surface area contributed by atoms with Gasteiger partial charge in [0.1, 0.15) is 5.82 Å². The summed E-state index contributed by atoms with van der Waals surface area (Å²) in [4.78, 5) is 15.0. The summed E-state index contributed by atoms with van der Waals surface area (Å²) in [5.74, 6) is 0.254. The molecule has 0 aliphatic rings. The first-order chi connectivity index (χ1) is 11.6. The molecule has 0 unspecified atom stereocenters. The first kappa shape index (κ1) is 20.8. The molecule has 134 valence electrons. The van der Waals surface area contributed by atoms with Crippen molar-refractivity contribution in [2.45, 2.75) is 20.0 Å². The summed E-state index contributed by atoms with van der Waals surface area (Å²) in [6.45, 7) is 3.26. The van der Waals surface area contributed by atoms with Gasteiger partial charge in [0, 0.05) is 24.7 Å². The number of halogens is 2. The molecule has 0 aliphatic carbocycles. The normalized spacial score (nSPS) is 10.7. The molecular weight excluding hydrogens is 438 g/mol. The van der Waals surface area contributed by atoms with Crippen LogP contribution in [0.4, 0.5) is 10.1 Å².